The predicted octanol–water partition coefficient (Wildman–Crippen LogP) is 1.78. The molecule has 0 spiro atoms. The molecule has 2 aliphatic rings. The molecule has 8 heteroatoms. The highest BCUT2D eigenvalue weighted by atomic mass is 16.6. The van der Waals surface area contributed by atoms with Crippen LogP contribution in [-0.2, 0) is 31.9 Å². The maximum atomic E-state index is 12.4. The van der Waals surface area contributed by atoms with Crippen LogP contribution in [0.3, 0.4) is 0 Å². The highest BCUT2D eigenvalue weighted by Gasteiger charge is 2.31. The molecule has 0 saturated heterocycles. The molecule has 0 radical (unpaired) electrons. The molecule has 8 nitrogen and oxygen atoms in total. The molecule has 0 aromatic heterocycles. The van der Waals surface area contributed by atoms with Gasteiger partial charge in [-0.1, -0.05) is 0 Å². The van der Waals surface area contributed by atoms with Crippen molar-refractivity contribution in [2.24, 2.45) is 0 Å². The zero-order valence-corrected chi connectivity index (χ0v) is 16.9. The molecule has 158 valence electrons. The monoisotopic (exact) mass is 412 g/mol. The van der Waals surface area contributed by atoms with Gasteiger partial charge in [-0.05, 0) is 60.4 Å². The summed E-state index contributed by atoms with van der Waals surface area (Å²) in [5.41, 5.74) is 3.63. The van der Waals surface area contributed by atoms with E-state index in [4.69, 9.17) is 18.9 Å². The lowest BCUT2D eigenvalue weighted by atomic mass is 9.99. The van der Waals surface area contributed by atoms with Crippen LogP contribution in [0.25, 0.3) is 0 Å². The third-order valence-electron chi connectivity index (χ3n) is 5.33. The first-order valence-electron chi connectivity index (χ1n) is 9.81. The maximum Gasteiger partial charge on any atom is 0.419 e. The van der Waals surface area contributed by atoms with Gasteiger partial charge in [0.15, 0.2) is 12.5 Å². The van der Waals surface area contributed by atoms with Gasteiger partial charge < -0.3 is 18.9 Å². The average molecular weight is 412 g/mol. The fourth-order valence-corrected chi connectivity index (χ4v) is 3.78. The summed E-state index contributed by atoms with van der Waals surface area (Å²) in [6, 6.07) is 11.1. The minimum absolute atomic E-state index is 0.618. The Morgan fingerprint density at radius 2 is 1.20 bits per heavy atom. The van der Waals surface area contributed by atoms with Crippen LogP contribution in [0.15, 0.2) is 36.4 Å². The number of rotatable bonds is 4. The van der Waals surface area contributed by atoms with Crippen molar-refractivity contribution in [2.45, 2.75) is 25.3 Å². The van der Waals surface area contributed by atoms with Gasteiger partial charge in [0.1, 0.15) is 11.5 Å². The van der Waals surface area contributed by atoms with Crippen molar-refractivity contribution in [2.75, 3.05) is 27.3 Å². The molecule has 0 aliphatic carbocycles. The molecule has 2 atom stereocenters. The van der Waals surface area contributed by atoms with Gasteiger partial charge in [0.05, 0.1) is 14.2 Å². The number of fused-ring (bicyclic) bond motifs is 2. The Kier molecular flexibility index (Phi) is 5.87. The molecule has 0 amide bonds. The molecule has 2 N–H and O–H groups in total. The van der Waals surface area contributed by atoms with Crippen LogP contribution in [0.4, 0.5) is 0 Å². The molecular weight excluding hydrogens is 388 g/mol. The summed E-state index contributed by atoms with van der Waals surface area (Å²) in [4.78, 5) is 24.8. The van der Waals surface area contributed by atoms with Gasteiger partial charge >= 0.3 is 11.9 Å². The van der Waals surface area contributed by atoms with Crippen molar-refractivity contribution in [3.05, 3.63) is 58.7 Å². The lowest BCUT2D eigenvalue weighted by Crippen LogP contribution is -2.38. The summed E-state index contributed by atoms with van der Waals surface area (Å²) in [5, 5.41) is 6.22. The van der Waals surface area contributed by atoms with E-state index in [0.717, 1.165) is 46.6 Å². The molecule has 2 aromatic rings. The first kappa shape index (κ1) is 20.2. The third-order valence-corrected chi connectivity index (χ3v) is 5.33. The molecule has 4 rings (SSSR count). The summed E-state index contributed by atoms with van der Waals surface area (Å²) in [6.07, 6.45) is 0.125. The fourth-order valence-electron chi connectivity index (χ4n) is 3.78. The lowest BCUT2D eigenvalue weighted by Gasteiger charge is -2.28. The Morgan fingerprint density at radius 1 is 0.767 bits per heavy atom. The van der Waals surface area contributed by atoms with Crippen LogP contribution in [0.5, 0.6) is 11.5 Å². The van der Waals surface area contributed by atoms with E-state index >= 15 is 0 Å². The lowest BCUT2D eigenvalue weighted by molar-refractivity contribution is -0.177. The van der Waals surface area contributed by atoms with E-state index in [1.807, 2.05) is 24.3 Å². The van der Waals surface area contributed by atoms with Gasteiger partial charge in [0.2, 0.25) is 0 Å². The average Bonchev–Trinajstić information content (AvgIpc) is 2.78. The Morgan fingerprint density at radius 3 is 1.60 bits per heavy atom. The van der Waals surface area contributed by atoms with E-state index in [-0.39, 0.29) is 0 Å². The van der Waals surface area contributed by atoms with E-state index in [2.05, 4.69) is 10.6 Å². The highest BCUT2D eigenvalue weighted by Crippen LogP contribution is 2.29. The van der Waals surface area contributed by atoms with Gasteiger partial charge in [0, 0.05) is 24.2 Å². The Labute approximate surface area is 174 Å². The first-order valence-corrected chi connectivity index (χ1v) is 9.81. The van der Waals surface area contributed by atoms with Crippen molar-refractivity contribution in [1.29, 1.82) is 0 Å². The SMILES string of the molecule is COc1ccc2c(c1)CCNC2OC(=O)C(=O)OC1NCCc2cc(OC)ccc21. The molecule has 2 unspecified atom stereocenters. The van der Waals surface area contributed by atoms with E-state index in [1.54, 1.807) is 26.4 Å². The van der Waals surface area contributed by atoms with Crippen molar-refractivity contribution in [3.63, 3.8) is 0 Å². The number of hydrogen-bond acceptors (Lipinski definition) is 8. The summed E-state index contributed by atoms with van der Waals surface area (Å²) in [7, 11) is 3.20. The topological polar surface area (TPSA) is 95.1 Å². The minimum atomic E-state index is -1.04. The minimum Gasteiger partial charge on any atom is -0.497 e. The highest BCUT2D eigenvalue weighted by molar-refractivity contribution is 6.29. The first-order chi connectivity index (χ1) is 14.6. The smallest absolute Gasteiger partial charge is 0.419 e. The summed E-state index contributed by atoms with van der Waals surface area (Å²) in [5.74, 6) is -0.616. The second-order valence-corrected chi connectivity index (χ2v) is 7.11. The van der Waals surface area contributed by atoms with Gasteiger partial charge in [-0.15, -0.1) is 0 Å². The Bertz CT molecular complexity index is 883. The van der Waals surface area contributed by atoms with Gasteiger partial charge in [-0.3, -0.25) is 10.6 Å². The van der Waals surface area contributed by atoms with Crippen LogP contribution in [0.1, 0.15) is 34.7 Å². The third kappa shape index (κ3) is 4.10. The standard InChI is InChI=1S/C22H24N2O6/c1-27-15-3-5-17-13(11-15)7-9-23-19(17)29-21(25)22(26)30-20-18-6-4-16(28-2)12-14(18)8-10-24-20/h3-6,11-12,19-20,23-24H,7-10H2,1-2H3. The van der Waals surface area contributed by atoms with Crippen LogP contribution in [0, 0.1) is 0 Å². The number of esters is 2. The van der Waals surface area contributed by atoms with Crippen molar-refractivity contribution in [1.82, 2.24) is 10.6 Å². The number of nitrogens with one attached hydrogen (secondary N) is 2. The predicted molar refractivity (Wildman–Crippen MR) is 107 cm³/mol. The van der Waals surface area contributed by atoms with Crippen molar-refractivity contribution >= 4 is 11.9 Å². The number of carbonyl (C=O) groups is 2. The quantitative estimate of drug-likeness (QED) is 0.580. The maximum absolute atomic E-state index is 12.4. The van der Waals surface area contributed by atoms with E-state index in [9.17, 15) is 9.59 Å². The van der Waals surface area contributed by atoms with Crippen molar-refractivity contribution < 1.29 is 28.5 Å². The summed E-state index contributed by atoms with van der Waals surface area (Å²) < 4.78 is 21.3. The fraction of sp³-hybridized carbons (Fsp3) is 0.364. The zero-order chi connectivity index (χ0) is 21.1. The van der Waals surface area contributed by atoms with Crippen molar-refractivity contribution in [3.8, 4) is 11.5 Å². The van der Waals surface area contributed by atoms with E-state index < -0.39 is 24.4 Å². The molecule has 0 fully saturated rings. The molecular formula is C22H24N2O6. The van der Waals surface area contributed by atoms with Crippen LogP contribution >= 0.6 is 0 Å². The second kappa shape index (κ2) is 8.73. The largest absolute Gasteiger partial charge is 0.497 e. The van der Waals surface area contributed by atoms with Crippen LogP contribution in [0.2, 0.25) is 0 Å². The van der Waals surface area contributed by atoms with Crippen LogP contribution < -0.4 is 20.1 Å². The molecule has 0 saturated carbocycles. The number of ether oxygens (including phenoxy) is 4. The molecule has 30 heavy (non-hydrogen) atoms. The number of methoxy groups -OCH3 is 2. The normalized spacial score (nSPS) is 19.8. The number of carbonyl (C=O) groups excluding carboxylic acids is 2. The molecule has 0 bridgehead atoms. The second-order valence-electron chi connectivity index (χ2n) is 7.11. The Balaban J connectivity index is 1.43. The summed E-state index contributed by atoms with van der Waals surface area (Å²) in [6.45, 7) is 1.24. The molecule has 2 heterocycles. The van der Waals surface area contributed by atoms with Crippen LogP contribution in [-0.4, -0.2) is 39.2 Å². The van der Waals surface area contributed by atoms with Gasteiger partial charge in [-0.2, -0.15) is 0 Å². The Hall–Kier alpha value is -3.10. The van der Waals surface area contributed by atoms with E-state index in [1.165, 1.54) is 0 Å². The summed E-state index contributed by atoms with van der Waals surface area (Å²) >= 11 is 0. The zero-order valence-electron chi connectivity index (χ0n) is 16.9. The number of benzene rings is 2. The molecule has 2 aromatic carbocycles. The molecule has 2 aliphatic heterocycles. The number of hydrogen-bond donors (Lipinski definition) is 2. The van der Waals surface area contributed by atoms with Gasteiger partial charge in [-0.25, -0.2) is 9.59 Å². The van der Waals surface area contributed by atoms with E-state index in [0.29, 0.717) is 13.1 Å². The van der Waals surface area contributed by atoms with Gasteiger partial charge in [0.25, 0.3) is 0 Å².